The zero-order valence-corrected chi connectivity index (χ0v) is 17.5. The van der Waals surface area contributed by atoms with Gasteiger partial charge in [0.15, 0.2) is 0 Å². The number of carbonyl (C=O) groups excluding carboxylic acids is 1. The van der Waals surface area contributed by atoms with Crippen molar-refractivity contribution in [3.05, 3.63) is 62.0 Å². The van der Waals surface area contributed by atoms with E-state index in [0.717, 1.165) is 24.8 Å². The van der Waals surface area contributed by atoms with Crippen molar-refractivity contribution in [2.24, 2.45) is 11.3 Å². The molecule has 2 aromatic rings. The first-order chi connectivity index (χ1) is 13.7. The molecule has 1 aromatic heterocycles. The molecule has 0 aliphatic heterocycles. The lowest BCUT2D eigenvalue weighted by Crippen LogP contribution is -2.26. The number of fused-ring (bicyclic) bond motifs is 1. The van der Waals surface area contributed by atoms with Gasteiger partial charge in [0.2, 0.25) is 5.91 Å². The van der Waals surface area contributed by atoms with Crippen molar-refractivity contribution >= 4 is 34.0 Å². The van der Waals surface area contributed by atoms with Crippen LogP contribution >= 0.6 is 11.3 Å². The zero-order valence-electron chi connectivity index (χ0n) is 16.7. The minimum atomic E-state index is -0.475. The molecule has 7 heteroatoms. The normalized spacial score (nSPS) is 16.3. The van der Waals surface area contributed by atoms with Gasteiger partial charge in [0, 0.05) is 23.1 Å². The number of rotatable bonds is 4. The fourth-order valence-corrected chi connectivity index (χ4v) is 4.88. The van der Waals surface area contributed by atoms with E-state index in [0.29, 0.717) is 22.0 Å². The van der Waals surface area contributed by atoms with Crippen LogP contribution in [0.5, 0.6) is 0 Å². The number of nitro benzene ring substituents is 1. The average Bonchev–Trinajstić information content (AvgIpc) is 3.01. The van der Waals surface area contributed by atoms with Gasteiger partial charge in [-0.1, -0.05) is 32.9 Å². The maximum Gasteiger partial charge on any atom is 0.270 e. The first-order valence-electron chi connectivity index (χ1n) is 9.47. The van der Waals surface area contributed by atoms with E-state index < -0.39 is 4.92 Å². The fraction of sp³-hybridized carbons (Fsp3) is 0.364. The quantitative estimate of drug-likeness (QED) is 0.419. The van der Waals surface area contributed by atoms with Gasteiger partial charge < -0.3 is 5.32 Å². The second-order valence-electron chi connectivity index (χ2n) is 8.30. The highest BCUT2D eigenvalue weighted by molar-refractivity contribution is 7.16. The monoisotopic (exact) mass is 409 g/mol. The SMILES string of the molecule is CC(C)(C)[C@@H]1CCc2c(sc(NC(=O)/C=C/c3cccc([N+](=O)[O-])c3)c2C#N)C1. The summed E-state index contributed by atoms with van der Waals surface area (Å²) in [4.78, 5) is 23.9. The molecule has 0 unspecified atom stereocenters. The minimum Gasteiger partial charge on any atom is -0.313 e. The second kappa shape index (κ2) is 8.18. The summed E-state index contributed by atoms with van der Waals surface area (Å²) < 4.78 is 0. The Morgan fingerprint density at radius 3 is 2.83 bits per heavy atom. The number of hydrogen-bond acceptors (Lipinski definition) is 5. The molecular weight excluding hydrogens is 386 g/mol. The molecule has 3 rings (SSSR count). The maximum absolute atomic E-state index is 12.4. The van der Waals surface area contributed by atoms with Crippen LogP contribution in [-0.4, -0.2) is 10.8 Å². The number of nitrogens with zero attached hydrogens (tertiary/aromatic N) is 2. The van der Waals surface area contributed by atoms with E-state index in [-0.39, 0.29) is 17.0 Å². The van der Waals surface area contributed by atoms with Crippen LogP contribution in [0.1, 0.15) is 48.8 Å². The highest BCUT2D eigenvalue weighted by Gasteiger charge is 2.32. The van der Waals surface area contributed by atoms with Crippen molar-refractivity contribution in [2.75, 3.05) is 5.32 Å². The van der Waals surface area contributed by atoms with Crippen LogP contribution in [-0.2, 0) is 17.6 Å². The van der Waals surface area contributed by atoms with Crippen molar-refractivity contribution < 1.29 is 9.72 Å². The predicted molar refractivity (Wildman–Crippen MR) is 115 cm³/mol. The molecule has 1 aliphatic carbocycles. The highest BCUT2D eigenvalue weighted by atomic mass is 32.1. The lowest BCUT2D eigenvalue weighted by Gasteiger charge is -2.33. The molecule has 1 aliphatic rings. The molecule has 1 aromatic carbocycles. The summed E-state index contributed by atoms with van der Waals surface area (Å²) in [6, 6.07) is 8.32. The number of amides is 1. The smallest absolute Gasteiger partial charge is 0.270 e. The first kappa shape index (κ1) is 20.7. The predicted octanol–water partition coefficient (Wildman–Crippen LogP) is 5.33. The molecule has 0 saturated heterocycles. The first-order valence-corrected chi connectivity index (χ1v) is 10.3. The largest absolute Gasteiger partial charge is 0.313 e. The molecule has 0 fully saturated rings. The zero-order chi connectivity index (χ0) is 21.2. The highest BCUT2D eigenvalue weighted by Crippen LogP contribution is 2.43. The lowest BCUT2D eigenvalue weighted by atomic mass is 9.72. The van der Waals surface area contributed by atoms with E-state index in [1.165, 1.54) is 40.5 Å². The Hall–Kier alpha value is -2.98. The van der Waals surface area contributed by atoms with Crippen LogP contribution in [0, 0.1) is 32.8 Å². The molecule has 0 radical (unpaired) electrons. The molecule has 0 saturated carbocycles. The minimum absolute atomic E-state index is 0.0290. The van der Waals surface area contributed by atoms with Crippen molar-refractivity contribution in [2.45, 2.75) is 40.0 Å². The molecule has 150 valence electrons. The third kappa shape index (κ3) is 4.72. The number of nitro groups is 1. The Morgan fingerprint density at radius 1 is 1.41 bits per heavy atom. The van der Waals surface area contributed by atoms with Crippen LogP contribution in [0.4, 0.5) is 10.7 Å². The molecule has 29 heavy (non-hydrogen) atoms. The van der Waals surface area contributed by atoms with E-state index in [1.54, 1.807) is 12.1 Å². The molecule has 0 bridgehead atoms. The number of benzene rings is 1. The summed E-state index contributed by atoms with van der Waals surface area (Å²) in [6.07, 6.45) is 5.68. The third-order valence-electron chi connectivity index (χ3n) is 5.35. The van der Waals surface area contributed by atoms with Crippen molar-refractivity contribution in [1.29, 1.82) is 5.26 Å². The van der Waals surface area contributed by atoms with Crippen LogP contribution in [0.3, 0.4) is 0 Å². The Morgan fingerprint density at radius 2 is 2.17 bits per heavy atom. The standard InChI is InChI=1S/C22H23N3O3S/c1-22(2,3)15-8-9-17-18(13-23)21(29-19(17)12-15)24-20(26)10-7-14-5-4-6-16(11-14)25(27)28/h4-7,10-11,15H,8-9,12H2,1-3H3,(H,24,26)/b10-7+/t15-/m1/s1. The number of anilines is 1. The van der Waals surface area contributed by atoms with Crippen molar-refractivity contribution in [3.8, 4) is 6.07 Å². The molecule has 1 atom stereocenters. The fourth-order valence-electron chi connectivity index (χ4n) is 3.60. The Labute approximate surface area is 174 Å². The summed E-state index contributed by atoms with van der Waals surface area (Å²) in [5.41, 5.74) is 2.37. The second-order valence-corrected chi connectivity index (χ2v) is 9.41. The van der Waals surface area contributed by atoms with E-state index in [1.807, 2.05) is 0 Å². The van der Waals surface area contributed by atoms with Gasteiger partial charge in [0.05, 0.1) is 10.5 Å². The van der Waals surface area contributed by atoms with E-state index >= 15 is 0 Å². The topological polar surface area (TPSA) is 96.0 Å². The molecular formula is C22H23N3O3S. The van der Waals surface area contributed by atoms with Gasteiger partial charge >= 0.3 is 0 Å². The molecule has 1 amide bonds. The molecule has 1 N–H and O–H groups in total. The van der Waals surface area contributed by atoms with Gasteiger partial charge in [-0.2, -0.15) is 5.26 Å². The molecule has 0 spiro atoms. The van der Waals surface area contributed by atoms with Crippen LogP contribution in [0.2, 0.25) is 0 Å². The van der Waals surface area contributed by atoms with Crippen molar-refractivity contribution in [3.63, 3.8) is 0 Å². The Kier molecular flexibility index (Phi) is 5.85. The van der Waals surface area contributed by atoms with Crippen LogP contribution in [0.25, 0.3) is 6.08 Å². The van der Waals surface area contributed by atoms with Gasteiger partial charge in [-0.05, 0) is 47.8 Å². The number of carbonyl (C=O) groups is 1. The summed E-state index contributed by atoms with van der Waals surface area (Å²) in [5, 5.41) is 23.9. The number of nitriles is 1. The summed E-state index contributed by atoms with van der Waals surface area (Å²) in [5.74, 6) is 0.191. The molecule has 1 heterocycles. The Bertz CT molecular complexity index is 1020. The summed E-state index contributed by atoms with van der Waals surface area (Å²) in [6.45, 7) is 6.72. The van der Waals surface area contributed by atoms with Crippen molar-refractivity contribution in [1.82, 2.24) is 0 Å². The third-order valence-corrected chi connectivity index (χ3v) is 6.52. The maximum atomic E-state index is 12.4. The van der Waals surface area contributed by atoms with Crippen LogP contribution < -0.4 is 5.32 Å². The van der Waals surface area contributed by atoms with Crippen LogP contribution in [0.15, 0.2) is 30.3 Å². The van der Waals surface area contributed by atoms with E-state index in [2.05, 4.69) is 32.2 Å². The number of thiophene rings is 1. The van der Waals surface area contributed by atoms with Gasteiger partial charge in [0.1, 0.15) is 11.1 Å². The average molecular weight is 410 g/mol. The van der Waals surface area contributed by atoms with Gasteiger partial charge in [-0.3, -0.25) is 14.9 Å². The molecule has 6 nitrogen and oxygen atoms in total. The summed E-state index contributed by atoms with van der Waals surface area (Å²) >= 11 is 1.49. The number of nitrogens with one attached hydrogen (secondary N) is 1. The van der Waals surface area contributed by atoms with E-state index in [9.17, 15) is 20.2 Å². The number of hydrogen-bond donors (Lipinski definition) is 1. The summed E-state index contributed by atoms with van der Waals surface area (Å²) in [7, 11) is 0. The number of non-ortho nitro benzene ring substituents is 1. The van der Waals surface area contributed by atoms with Gasteiger partial charge in [-0.25, -0.2) is 0 Å². The Balaban J connectivity index is 1.76. The van der Waals surface area contributed by atoms with Gasteiger partial charge in [-0.15, -0.1) is 11.3 Å². The lowest BCUT2D eigenvalue weighted by molar-refractivity contribution is -0.384. The van der Waals surface area contributed by atoms with E-state index in [4.69, 9.17) is 0 Å². The van der Waals surface area contributed by atoms with Gasteiger partial charge in [0.25, 0.3) is 5.69 Å².